The number of ether oxygens (including phenoxy) is 1. The van der Waals surface area contributed by atoms with Gasteiger partial charge >= 0.3 is 0 Å². The van der Waals surface area contributed by atoms with Gasteiger partial charge in [-0.2, -0.15) is 0 Å². The first-order valence-corrected chi connectivity index (χ1v) is 23.7. The Hall–Kier alpha value is -1.68. The van der Waals surface area contributed by atoms with Crippen molar-refractivity contribution >= 4 is 12.2 Å². The third-order valence-electron chi connectivity index (χ3n) is 11.2. The maximum atomic E-state index is 13.4. The van der Waals surface area contributed by atoms with Gasteiger partial charge in [0.2, 0.25) is 5.91 Å². The summed E-state index contributed by atoms with van der Waals surface area (Å²) in [5, 5.41) is 0. The molecule has 1 aliphatic heterocycles. The summed E-state index contributed by atoms with van der Waals surface area (Å²) in [5.41, 5.74) is 5.99. The van der Waals surface area contributed by atoms with E-state index in [4.69, 9.17) is 10.5 Å². The SMILES string of the molecule is C#C.C1CCC1.C=C(C)CCCCCN1CCCC1.CCCCCCCCC(CCCCCCCC)N(C)C(=O)C(C)(C)CCCCCCOC.NCCC=O. The molecule has 6 nitrogen and oxygen atoms in total. The van der Waals surface area contributed by atoms with Gasteiger partial charge in [-0.05, 0) is 90.9 Å². The highest BCUT2D eigenvalue weighted by Crippen LogP contribution is 2.29. The highest BCUT2D eigenvalue weighted by molar-refractivity contribution is 5.82. The lowest BCUT2D eigenvalue weighted by Gasteiger charge is -2.35. The Morgan fingerprint density at radius 1 is 0.768 bits per heavy atom. The minimum Gasteiger partial charge on any atom is -0.385 e. The molecule has 0 bridgehead atoms. The molecule has 2 rings (SSSR count). The van der Waals surface area contributed by atoms with Gasteiger partial charge in [-0.15, -0.1) is 19.4 Å². The van der Waals surface area contributed by atoms with Crippen molar-refractivity contribution in [3.8, 4) is 12.8 Å². The third kappa shape index (κ3) is 40.5. The first-order valence-electron chi connectivity index (χ1n) is 23.7. The van der Waals surface area contributed by atoms with Crippen molar-refractivity contribution in [2.45, 2.75) is 233 Å². The van der Waals surface area contributed by atoms with Crippen LogP contribution in [0.15, 0.2) is 12.2 Å². The number of likely N-dealkylation sites (tertiary alicyclic amines) is 1. The van der Waals surface area contributed by atoms with E-state index in [0.29, 0.717) is 24.9 Å². The zero-order valence-electron chi connectivity index (χ0n) is 39.0. The first-order chi connectivity index (χ1) is 27.1. The molecule has 0 spiro atoms. The maximum absolute atomic E-state index is 13.4. The average Bonchev–Trinajstić information content (AvgIpc) is 3.69. The lowest BCUT2D eigenvalue weighted by Crippen LogP contribution is -2.44. The predicted molar refractivity (Wildman–Crippen MR) is 248 cm³/mol. The standard InChI is InChI=1S/C29H59NO2.C12H23N.C4H8.C3H7NO.C2H2/c1-7-9-11-13-15-19-23-27(24-20-16-14-12-10-8-2)30(5)28(31)29(3,4)25-21-17-18-22-26-32-6;1-12(2)8-4-3-5-9-13-10-6-7-11-13;1-2-4-3-1;4-2-1-3-5;1-2/h27H,7-26H2,1-6H3;1,3-11H2,2H3;1-4H2;3H,1-2,4H2;1-2H. The van der Waals surface area contributed by atoms with E-state index < -0.39 is 0 Å². The Morgan fingerprint density at radius 3 is 1.66 bits per heavy atom. The first kappa shape index (κ1) is 58.6. The van der Waals surface area contributed by atoms with Gasteiger partial charge in [0, 0.05) is 38.6 Å². The van der Waals surface area contributed by atoms with E-state index in [1.807, 2.05) is 0 Å². The second kappa shape index (κ2) is 46.0. The van der Waals surface area contributed by atoms with Gasteiger partial charge in [0.15, 0.2) is 0 Å². The summed E-state index contributed by atoms with van der Waals surface area (Å²) >= 11 is 0. The lowest BCUT2D eigenvalue weighted by atomic mass is 9.84. The van der Waals surface area contributed by atoms with E-state index in [9.17, 15) is 9.59 Å². The molecule has 1 amide bonds. The Labute approximate surface area is 351 Å². The molecule has 1 saturated heterocycles. The number of hydrogen-bond donors (Lipinski definition) is 1. The molecule has 2 fully saturated rings. The summed E-state index contributed by atoms with van der Waals surface area (Å²) < 4.78 is 5.14. The number of carbonyl (C=O) groups is 2. The minimum atomic E-state index is -0.253. The Balaban J connectivity index is -0.000000937. The number of amides is 1. The summed E-state index contributed by atoms with van der Waals surface area (Å²) in [4.78, 5) is 27.5. The maximum Gasteiger partial charge on any atom is 0.228 e. The minimum absolute atomic E-state index is 0.253. The van der Waals surface area contributed by atoms with Crippen molar-refractivity contribution in [3.63, 3.8) is 0 Å². The molecule has 0 atom stereocenters. The monoisotopic (exact) mass is 790 g/mol. The number of methoxy groups -OCH3 is 1. The Bertz CT molecular complexity index is 828. The summed E-state index contributed by atoms with van der Waals surface area (Å²) in [6.45, 7) is 20.3. The Kier molecular flexibility index (Phi) is 48.2. The normalized spacial score (nSPS) is 13.4. The molecule has 0 aromatic rings. The van der Waals surface area contributed by atoms with Crippen LogP contribution in [-0.2, 0) is 14.3 Å². The van der Waals surface area contributed by atoms with Crippen LogP contribution in [0.4, 0.5) is 0 Å². The molecule has 0 aromatic heterocycles. The topological polar surface area (TPSA) is 75.9 Å². The number of terminal acetylenes is 1. The third-order valence-corrected chi connectivity index (χ3v) is 11.2. The van der Waals surface area contributed by atoms with Crippen LogP contribution in [0, 0.1) is 18.3 Å². The van der Waals surface area contributed by atoms with Crippen molar-refractivity contribution < 1.29 is 14.3 Å². The van der Waals surface area contributed by atoms with E-state index >= 15 is 0 Å². The highest BCUT2D eigenvalue weighted by atomic mass is 16.5. The molecule has 2 N–H and O–H groups in total. The van der Waals surface area contributed by atoms with Crippen LogP contribution >= 0.6 is 0 Å². The number of aldehydes is 1. The van der Waals surface area contributed by atoms with Gasteiger partial charge in [0.25, 0.3) is 0 Å². The van der Waals surface area contributed by atoms with Crippen LogP contribution in [-0.4, -0.2) is 75.0 Å². The molecule has 2 aliphatic rings. The fourth-order valence-electron chi connectivity index (χ4n) is 7.03. The van der Waals surface area contributed by atoms with Crippen molar-refractivity contribution in [1.82, 2.24) is 9.80 Å². The molecule has 56 heavy (non-hydrogen) atoms. The van der Waals surface area contributed by atoms with Crippen molar-refractivity contribution in [2.24, 2.45) is 11.1 Å². The van der Waals surface area contributed by atoms with Crippen molar-refractivity contribution in [3.05, 3.63) is 12.2 Å². The number of unbranched alkanes of at least 4 members (excludes halogenated alkanes) is 15. The quantitative estimate of drug-likeness (QED) is 0.0328. The lowest BCUT2D eigenvalue weighted by molar-refractivity contribution is -0.142. The van der Waals surface area contributed by atoms with Crippen molar-refractivity contribution in [2.75, 3.05) is 46.9 Å². The predicted octanol–water partition coefficient (Wildman–Crippen LogP) is 13.5. The number of rotatable bonds is 31. The number of nitrogens with zero attached hydrogens (tertiary/aromatic N) is 2. The largest absolute Gasteiger partial charge is 0.385 e. The van der Waals surface area contributed by atoms with Crippen LogP contribution in [0.2, 0.25) is 0 Å². The number of allylic oxidation sites excluding steroid dienone is 1. The van der Waals surface area contributed by atoms with E-state index in [-0.39, 0.29) is 5.41 Å². The summed E-state index contributed by atoms with van der Waals surface area (Å²) in [6, 6.07) is 0.417. The van der Waals surface area contributed by atoms with Crippen LogP contribution in [0.5, 0.6) is 0 Å². The zero-order chi connectivity index (χ0) is 42.5. The smallest absolute Gasteiger partial charge is 0.228 e. The molecule has 0 unspecified atom stereocenters. The van der Waals surface area contributed by atoms with Crippen LogP contribution in [0.3, 0.4) is 0 Å². The fraction of sp³-hybridized carbons (Fsp3) is 0.880. The van der Waals surface area contributed by atoms with E-state index in [0.717, 1.165) is 32.2 Å². The van der Waals surface area contributed by atoms with Gasteiger partial charge < -0.3 is 25.1 Å². The second-order valence-electron chi connectivity index (χ2n) is 17.2. The van der Waals surface area contributed by atoms with Gasteiger partial charge in [-0.25, -0.2) is 0 Å². The number of nitrogens with two attached hydrogens (primary N) is 1. The number of hydrogen-bond acceptors (Lipinski definition) is 5. The summed E-state index contributed by atoms with van der Waals surface area (Å²) in [5.74, 6) is 0.358. The molecule has 0 aromatic carbocycles. The molecule has 0 radical (unpaired) electrons. The van der Waals surface area contributed by atoms with E-state index in [2.05, 4.69) is 70.9 Å². The van der Waals surface area contributed by atoms with Gasteiger partial charge in [-0.3, -0.25) is 4.79 Å². The molecule has 332 valence electrons. The molecule has 1 heterocycles. The summed E-state index contributed by atoms with van der Waals surface area (Å²) in [7, 11) is 3.85. The van der Waals surface area contributed by atoms with Crippen molar-refractivity contribution in [1.29, 1.82) is 0 Å². The molecule has 1 aliphatic carbocycles. The molecule has 6 heteroatoms. The molecular formula is C50H99N3O3. The van der Waals surface area contributed by atoms with Crippen LogP contribution in [0.1, 0.15) is 227 Å². The number of carbonyl (C=O) groups excluding carboxylic acids is 2. The second-order valence-corrected chi connectivity index (χ2v) is 17.2. The summed E-state index contributed by atoms with van der Waals surface area (Å²) in [6.07, 6.45) is 47.4. The zero-order valence-corrected chi connectivity index (χ0v) is 39.0. The highest BCUT2D eigenvalue weighted by Gasteiger charge is 2.32. The van der Waals surface area contributed by atoms with E-state index in [1.54, 1.807) is 7.11 Å². The molecular weight excluding hydrogens is 691 g/mol. The van der Waals surface area contributed by atoms with Crippen LogP contribution in [0.25, 0.3) is 0 Å². The van der Waals surface area contributed by atoms with Crippen LogP contribution < -0.4 is 5.73 Å². The van der Waals surface area contributed by atoms with Gasteiger partial charge in [0.05, 0.1) is 0 Å². The molecule has 1 saturated carbocycles. The fourth-order valence-corrected chi connectivity index (χ4v) is 7.03. The van der Waals surface area contributed by atoms with E-state index in [1.165, 1.54) is 192 Å². The average molecular weight is 790 g/mol. The van der Waals surface area contributed by atoms with Gasteiger partial charge in [-0.1, -0.05) is 162 Å². The Morgan fingerprint density at radius 2 is 1.23 bits per heavy atom. The van der Waals surface area contributed by atoms with Gasteiger partial charge in [0.1, 0.15) is 6.29 Å².